The predicted octanol–water partition coefficient (Wildman–Crippen LogP) is 4.28. The third kappa shape index (κ3) is 4.18. The number of aliphatic hydroxyl groups is 1. The second-order valence-electron chi connectivity index (χ2n) is 7.12. The van der Waals surface area contributed by atoms with Gasteiger partial charge >= 0.3 is 0 Å². The molecule has 0 aromatic heterocycles. The molecular weight excluding hydrogens is 422 g/mol. The van der Waals surface area contributed by atoms with Crippen molar-refractivity contribution >= 4 is 29.1 Å². The van der Waals surface area contributed by atoms with Crippen molar-refractivity contribution in [2.75, 3.05) is 20.8 Å². The molecule has 0 spiro atoms. The number of phenols is 1. The van der Waals surface area contributed by atoms with Gasteiger partial charge < -0.3 is 24.6 Å². The topological polar surface area (TPSA) is 96.3 Å². The SMILES string of the molecule is CCCCN1C(=O)C(=O)/C(=C(/O)c2cc(OC)c(Cl)cc2OC)C1c1ccc(O)cc1. The van der Waals surface area contributed by atoms with Crippen molar-refractivity contribution in [1.82, 2.24) is 4.90 Å². The van der Waals surface area contributed by atoms with Crippen LogP contribution in [0.3, 0.4) is 0 Å². The molecule has 0 radical (unpaired) electrons. The highest BCUT2D eigenvalue weighted by molar-refractivity contribution is 6.46. The fourth-order valence-corrected chi connectivity index (χ4v) is 3.86. The average molecular weight is 446 g/mol. The molecule has 8 heteroatoms. The van der Waals surface area contributed by atoms with E-state index in [9.17, 15) is 19.8 Å². The third-order valence-electron chi connectivity index (χ3n) is 5.23. The zero-order valence-electron chi connectivity index (χ0n) is 17.5. The van der Waals surface area contributed by atoms with Gasteiger partial charge in [0.2, 0.25) is 0 Å². The van der Waals surface area contributed by atoms with Crippen LogP contribution in [0.2, 0.25) is 5.02 Å². The summed E-state index contributed by atoms with van der Waals surface area (Å²) in [6.45, 7) is 2.33. The van der Waals surface area contributed by atoms with E-state index in [0.29, 0.717) is 18.5 Å². The van der Waals surface area contributed by atoms with E-state index in [0.717, 1.165) is 6.42 Å². The molecule has 2 N–H and O–H groups in total. The number of hydrogen-bond donors (Lipinski definition) is 2. The smallest absolute Gasteiger partial charge is 0.295 e. The van der Waals surface area contributed by atoms with Crippen molar-refractivity contribution in [2.24, 2.45) is 0 Å². The number of ketones is 1. The number of nitrogens with zero attached hydrogens (tertiary/aromatic N) is 1. The number of likely N-dealkylation sites (tertiary alicyclic amines) is 1. The molecule has 1 saturated heterocycles. The summed E-state index contributed by atoms with van der Waals surface area (Å²) in [4.78, 5) is 27.3. The van der Waals surface area contributed by atoms with Crippen LogP contribution in [0.5, 0.6) is 17.2 Å². The van der Waals surface area contributed by atoms with E-state index in [1.54, 1.807) is 12.1 Å². The maximum Gasteiger partial charge on any atom is 0.295 e. The number of hydrogen-bond acceptors (Lipinski definition) is 6. The molecule has 31 heavy (non-hydrogen) atoms. The molecule has 1 unspecified atom stereocenters. The molecule has 0 bridgehead atoms. The number of aliphatic hydroxyl groups excluding tert-OH is 1. The molecule has 1 amide bonds. The van der Waals surface area contributed by atoms with Crippen molar-refractivity contribution in [2.45, 2.75) is 25.8 Å². The molecule has 0 aliphatic carbocycles. The Morgan fingerprint density at radius 2 is 1.74 bits per heavy atom. The van der Waals surface area contributed by atoms with Crippen LogP contribution < -0.4 is 9.47 Å². The highest BCUT2D eigenvalue weighted by Crippen LogP contribution is 2.43. The number of methoxy groups -OCH3 is 2. The van der Waals surface area contributed by atoms with Gasteiger partial charge in [0.25, 0.3) is 11.7 Å². The summed E-state index contributed by atoms with van der Waals surface area (Å²) in [5.74, 6) is -1.30. The zero-order chi connectivity index (χ0) is 22.7. The summed E-state index contributed by atoms with van der Waals surface area (Å²) in [5, 5.41) is 21.1. The lowest BCUT2D eigenvalue weighted by Gasteiger charge is -2.25. The molecule has 7 nitrogen and oxygen atoms in total. The van der Waals surface area contributed by atoms with Crippen molar-refractivity contribution < 1.29 is 29.3 Å². The van der Waals surface area contributed by atoms with Crippen LogP contribution in [0, 0.1) is 0 Å². The number of amides is 1. The summed E-state index contributed by atoms with van der Waals surface area (Å²) in [6.07, 6.45) is 1.52. The Kier molecular flexibility index (Phi) is 6.75. The molecule has 1 fully saturated rings. The molecular formula is C23H24ClNO6. The second kappa shape index (κ2) is 9.31. The van der Waals surface area contributed by atoms with Gasteiger partial charge in [0.1, 0.15) is 23.0 Å². The number of phenolic OH excluding ortho intramolecular Hbond substituents is 1. The Balaban J connectivity index is 2.24. The van der Waals surface area contributed by atoms with Gasteiger partial charge in [-0.05, 0) is 30.2 Å². The number of unbranched alkanes of at least 4 members (excludes halogenated alkanes) is 1. The van der Waals surface area contributed by atoms with Gasteiger partial charge in [-0.25, -0.2) is 0 Å². The fourth-order valence-electron chi connectivity index (χ4n) is 3.63. The van der Waals surface area contributed by atoms with Gasteiger partial charge in [0.15, 0.2) is 0 Å². The molecule has 3 rings (SSSR count). The molecule has 2 aromatic carbocycles. The number of halogens is 1. The van der Waals surface area contributed by atoms with Gasteiger partial charge in [0, 0.05) is 12.6 Å². The maximum atomic E-state index is 13.0. The van der Waals surface area contributed by atoms with Crippen LogP contribution in [-0.4, -0.2) is 47.6 Å². The standard InChI is InChI=1S/C23H24ClNO6/c1-4-5-10-25-20(13-6-8-14(26)9-7-13)19(22(28)23(25)29)21(27)15-11-18(31-3)16(24)12-17(15)30-2/h6-9,11-12,20,26-27H,4-5,10H2,1-3H3/b21-19+. The molecule has 2 aromatic rings. The maximum absolute atomic E-state index is 13.0. The summed E-state index contributed by atoms with van der Waals surface area (Å²) >= 11 is 6.16. The first-order valence-electron chi connectivity index (χ1n) is 9.83. The highest BCUT2D eigenvalue weighted by Gasteiger charge is 2.46. The third-order valence-corrected chi connectivity index (χ3v) is 5.53. The minimum absolute atomic E-state index is 0.0540. The Morgan fingerprint density at radius 1 is 1.10 bits per heavy atom. The lowest BCUT2D eigenvalue weighted by molar-refractivity contribution is -0.139. The van der Waals surface area contributed by atoms with Crippen molar-refractivity contribution in [3.8, 4) is 17.2 Å². The van der Waals surface area contributed by atoms with E-state index in [4.69, 9.17) is 21.1 Å². The minimum atomic E-state index is -0.807. The van der Waals surface area contributed by atoms with E-state index < -0.39 is 17.7 Å². The van der Waals surface area contributed by atoms with E-state index in [2.05, 4.69) is 0 Å². The Bertz CT molecular complexity index is 1030. The van der Waals surface area contributed by atoms with Crippen LogP contribution in [0.15, 0.2) is 42.0 Å². The average Bonchev–Trinajstić information content (AvgIpc) is 3.02. The Hall–Kier alpha value is -3.19. The number of rotatable bonds is 7. The zero-order valence-corrected chi connectivity index (χ0v) is 18.3. The first kappa shape index (κ1) is 22.5. The van der Waals surface area contributed by atoms with Gasteiger partial charge in [-0.2, -0.15) is 0 Å². The molecule has 1 heterocycles. The number of aromatic hydroxyl groups is 1. The molecule has 1 atom stereocenters. The highest BCUT2D eigenvalue weighted by atomic mass is 35.5. The summed E-state index contributed by atoms with van der Waals surface area (Å²) in [7, 11) is 2.84. The van der Waals surface area contributed by atoms with Crippen LogP contribution in [0.25, 0.3) is 5.76 Å². The van der Waals surface area contributed by atoms with Crippen LogP contribution >= 0.6 is 11.6 Å². The number of carbonyl (C=O) groups excluding carboxylic acids is 2. The van der Waals surface area contributed by atoms with Crippen molar-refractivity contribution in [3.63, 3.8) is 0 Å². The van der Waals surface area contributed by atoms with E-state index in [1.165, 1.54) is 43.4 Å². The fraction of sp³-hybridized carbons (Fsp3) is 0.304. The first-order valence-corrected chi connectivity index (χ1v) is 10.2. The molecule has 0 saturated carbocycles. The van der Waals surface area contributed by atoms with Crippen molar-refractivity contribution in [1.29, 1.82) is 0 Å². The largest absolute Gasteiger partial charge is 0.508 e. The number of Topliss-reactive ketones (excluding diaryl/α,β-unsaturated/α-hetero) is 1. The van der Waals surface area contributed by atoms with E-state index >= 15 is 0 Å². The normalized spacial score (nSPS) is 17.8. The minimum Gasteiger partial charge on any atom is -0.508 e. The van der Waals surface area contributed by atoms with Crippen LogP contribution in [0.1, 0.15) is 36.9 Å². The van der Waals surface area contributed by atoms with Gasteiger partial charge in [-0.3, -0.25) is 9.59 Å². The molecule has 1 aliphatic rings. The van der Waals surface area contributed by atoms with Crippen LogP contribution in [0.4, 0.5) is 0 Å². The summed E-state index contributed by atoms with van der Waals surface area (Å²) in [5.41, 5.74) is 0.713. The lowest BCUT2D eigenvalue weighted by atomic mass is 9.94. The lowest BCUT2D eigenvalue weighted by Crippen LogP contribution is -2.30. The number of benzene rings is 2. The van der Waals surface area contributed by atoms with Crippen molar-refractivity contribution in [3.05, 3.63) is 58.1 Å². The summed E-state index contributed by atoms with van der Waals surface area (Å²) < 4.78 is 10.6. The quantitative estimate of drug-likeness (QED) is 0.375. The van der Waals surface area contributed by atoms with E-state index in [1.807, 2.05) is 6.92 Å². The Morgan fingerprint density at radius 3 is 2.32 bits per heavy atom. The monoisotopic (exact) mass is 445 g/mol. The Labute approximate surface area is 185 Å². The predicted molar refractivity (Wildman–Crippen MR) is 117 cm³/mol. The molecule has 164 valence electrons. The van der Waals surface area contributed by atoms with Gasteiger partial charge in [-0.15, -0.1) is 0 Å². The number of carbonyl (C=O) groups is 2. The van der Waals surface area contributed by atoms with E-state index in [-0.39, 0.29) is 39.2 Å². The number of ether oxygens (including phenoxy) is 2. The first-order chi connectivity index (χ1) is 14.8. The van der Waals surface area contributed by atoms with Gasteiger partial charge in [-0.1, -0.05) is 37.1 Å². The van der Waals surface area contributed by atoms with Gasteiger partial charge in [0.05, 0.1) is 36.4 Å². The summed E-state index contributed by atoms with van der Waals surface area (Å²) in [6, 6.07) is 8.32. The second-order valence-corrected chi connectivity index (χ2v) is 7.53. The molecule has 1 aliphatic heterocycles. The van der Waals surface area contributed by atoms with Crippen LogP contribution in [-0.2, 0) is 9.59 Å².